The molecule has 0 saturated carbocycles. The van der Waals surface area contributed by atoms with E-state index >= 15 is 0 Å². The minimum absolute atomic E-state index is 0.179. The fourth-order valence-corrected chi connectivity index (χ4v) is 3.04. The number of thiazole rings is 1. The summed E-state index contributed by atoms with van der Waals surface area (Å²) < 4.78 is 10.7. The first-order valence-corrected chi connectivity index (χ1v) is 6.90. The molecule has 1 amide bonds. The van der Waals surface area contributed by atoms with Gasteiger partial charge in [-0.05, 0) is 19.9 Å². The molecule has 0 atom stereocenters. The molecule has 1 aliphatic heterocycles. The minimum atomic E-state index is -0.179. The van der Waals surface area contributed by atoms with Crippen molar-refractivity contribution in [1.29, 1.82) is 0 Å². The van der Waals surface area contributed by atoms with Crippen LogP contribution in [0.4, 0.5) is 5.13 Å². The highest BCUT2D eigenvalue weighted by Crippen LogP contribution is 2.27. The molecule has 19 heavy (non-hydrogen) atoms. The van der Waals surface area contributed by atoms with Gasteiger partial charge in [-0.25, -0.2) is 4.98 Å². The van der Waals surface area contributed by atoms with E-state index < -0.39 is 0 Å². The Morgan fingerprint density at radius 2 is 2.32 bits per heavy atom. The Labute approximate surface area is 114 Å². The molecule has 0 saturated heterocycles. The molecule has 0 aromatic carbocycles. The van der Waals surface area contributed by atoms with Gasteiger partial charge >= 0.3 is 0 Å². The lowest BCUT2D eigenvalue weighted by Gasteiger charge is -2.08. The molecule has 0 bridgehead atoms. The first kappa shape index (κ1) is 12.4. The Balaban J connectivity index is 1.79. The van der Waals surface area contributed by atoms with Gasteiger partial charge in [0.2, 0.25) is 0 Å². The summed E-state index contributed by atoms with van der Waals surface area (Å²) in [7, 11) is 0. The zero-order valence-corrected chi connectivity index (χ0v) is 11.6. The fourth-order valence-electron chi connectivity index (χ4n) is 2.10. The van der Waals surface area contributed by atoms with E-state index in [4.69, 9.17) is 9.15 Å². The number of carbonyl (C=O) groups is 1. The van der Waals surface area contributed by atoms with Gasteiger partial charge in [0.1, 0.15) is 11.5 Å². The summed E-state index contributed by atoms with van der Waals surface area (Å²) in [6, 6.07) is 1.74. The van der Waals surface area contributed by atoms with Crippen molar-refractivity contribution in [3.63, 3.8) is 0 Å². The van der Waals surface area contributed by atoms with Crippen LogP contribution < -0.4 is 5.32 Å². The van der Waals surface area contributed by atoms with Gasteiger partial charge in [-0.1, -0.05) is 11.3 Å². The summed E-state index contributed by atoms with van der Waals surface area (Å²) in [5.74, 6) is 1.18. The number of fused-ring (bicyclic) bond motifs is 1. The van der Waals surface area contributed by atoms with Crippen LogP contribution in [0.25, 0.3) is 0 Å². The maximum atomic E-state index is 12.1. The largest absolute Gasteiger partial charge is 0.466 e. The zero-order valence-electron chi connectivity index (χ0n) is 10.8. The third-order valence-electron chi connectivity index (χ3n) is 3.00. The smallest absolute Gasteiger partial charge is 0.260 e. The first-order chi connectivity index (χ1) is 9.13. The van der Waals surface area contributed by atoms with Crippen molar-refractivity contribution in [1.82, 2.24) is 4.98 Å². The van der Waals surface area contributed by atoms with E-state index in [0.717, 1.165) is 22.8 Å². The number of hydrogen-bond donors (Lipinski definition) is 1. The number of rotatable bonds is 2. The van der Waals surface area contributed by atoms with E-state index in [1.54, 1.807) is 13.0 Å². The SMILES string of the molecule is Cc1cc(C(=O)Nc2nc3c(s2)COCC3)c(C)o1. The number of amides is 1. The molecule has 3 heterocycles. The van der Waals surface area contributed by atoms with Gasteiger partial charge in [0.25, 0.3) is 5.91 Å². The molecular weight excluding hydrogens is 264 g/mol. The molecule has 2 aromatic rings. The Morgan fingerprint density at radius 1 is 1.47 bits per heavy atom. The van der Waals surface area contributed by atoms with Crippen LogP contribution in [0.1, 0.15) is 32.4 Å². The van der Waals surface area contributed by atoms with Crippen LogP contribution in [-0.2, 0) is 17.8 Å². The molecular formula is C13H14N2O3S. The second kappa shape index (κ2) is 4.79. The van der Waals surface area contributed by atoms with E-state index in [1.165, 1.54) is 11.3 Å². The number of furan rings is 1. The van der Waals surface area contributed by atoms with E-state index in [0.29, 0.717) is 29.7 Å². The standard InChI is InChI=1S/C13H14N2O3S/c1-7-5-9(8(2)18-7)12(16)15-13-14-10-3-4-17-6-11(10)19-13/h5H,3-4,6H2,1-2H3,(H,14,15,16). The predicted molar refractivity (Wildman–Crippen MR) is 71.6 cm³/mol. The number of carbonyl (C=O) groups excluding carboxylic acids is 1. The molecule has 1 aliphatic rings. The molecule has 100 valence electrons. The average molecular weight is 278 g/mol. The summed E-state index contributed by atoms with van der Waals surface area (Å²) in [4.78, 5) is 17.7. The number of anilines is 1. The molecule has 0 unspecified atom stereocenters. The van der Waals surface area contributed by atoms with Gasteiger partial charge in [-0.3, -0.25) is 10.1 Å². The van der Waals surface area contributed by atoms with Gasteiger partial charge in [0.05, 0.1) is 29.3 Å². The van der Waals surface area contributed by atoms with Crippen molar-refractivity contribution in [2.75, 3.05) is 11.9 Å². The van der Waals surface area contributed by atoms with E-state index in [-0.39, 0.29) is 5.91 Å². The Kier molecular flexibility index (Phi) is 3.12. The van der Waals surface area contributed by atoms with Gasteiger partial charge in [0, 0.05) is 6.42 Å². The van der Waals surface area contributed by atoms with Crippen LogP contribution in [0.5, 0.6) is 0 Å². The zero-order chi connectivity index (χ0) is 13.4. The predicted octanol–water partition coefficient (Wildman–Crippen LogP) is 2.68. The number of aryl methyl sites for hydroxylation is 2. The molecule has 0 aliphatic carbocycles. The highest BCUT2D eigenvalue weighted by atomic mass is 32.1. The Bertz CT molecular complexity index is 606. The first-order valence-electron chi connectivity index (χ1n) is 6.08. The maximum Gasteiger partial charge on any atom is 0.260 e. The van der Waals surface area contributed by atoms with Gasteiger partial charge in [-0.15, -0.1) is 0 Å². The molecule has 5 nitrogen and oxygen atoms in total. The lowest BCUT2D eigenvalue weighted by Crippen LogP contribution is -2.12. The number of nitrogens with one attached hydrogen (secondary N) is 1. The number of hydrogen-bond acceptors (Lipinski definition) is 5. The highest BCUT2D eigenvalue weighted by molar-refractivity contribution is 7.15. The lowest BCUT2D eigenvalue weighted by atomic mass is 10.2. The summed E-state index contributed by atoms with van der Waals surface area (Å²) in [5, 5.41) is 3.45. The molecule has 6 heteroatoms. The fraction of sp³-hybridized carbons (Fsp3) is 0.385. The van der Waals surface area contributed by atoms with Crippen molar-refractivity contribution in [3.05, 3.63) is 33.7 Å². The summed E-state index contributed by atoms with van der Waals surface area (Å²) in [6.07, 6.45) is 0.811. The third kappa shape index (κ3) is 2.41. The lowest BCUT2D eigenvalue weighted by molar-refractivity contribution is 0.102. The van der Waals surface area contributed by atoms with Crippen LogP contribution in [0.2, 0.25) is 0 Å². The number of aromatic nitrogens is 1. The van der Waals surface area contributed by atoms with Crippen molar-refractivity contribution >= 4 is 22.4 Å². The molecule has 2 aromatic heterocycles. The van der Waals surface area contributed by atoms with Crippen molar-refractivity contribution in [2.45, 2.75) is 26.9 Å². The average Bonchev–Trinajstić information content (AvgIpc) is 2.91. The second-order valence-corrected chi connectivity index (χ2v) is 5.56. The normalized spacial score (nSPS) is 14.2. The van der Waals surface area contributed by atoms with Crippen molar-refractivity contribution in [2.24, 2.45) is 0 Å². The van der Waals surface area contributed by atoms with Gasteiger partial charge < -0.3 is 9.15 Å². The van der Waals surface area contributed by atoms with Crippen molar-refractivity contribution < 1.29 is 13.9 Å². The quantitative estimate of drug-likeness (QED) is 0.917. The molecule has 0 radical (unpaired) electrons. The van der Waals surface area contributed by atoms with Gasteiger partial charge in [-0.2, -0.15) is 0 Å². The number of nitrogens with zero attached hydrogens (tertiary/aromatic N) is 1. The highest BCUT2D eigenvalue weighted by Gasteiger charge is 2.19. The molecule has 0 fully saturated rings. The topological polar surface area (TPSA) is 64.4 Å². The van der Waals surface area contributed by atoms with E-state index in [9.17, 15) is 4.79 Å². The van der Waals surface area contributed by atoms with Crippen LogP contribution in [-0.4, -0.2) is 17.5 Å². The Morgan fingerprint density at radius 3 is 3.00 bits per heavy atom. The minimum Gasteiger partial charge on any atom is -0.466 e. The van der Waals surface area contributed by atoms with E-state index in [1.807, 2.05) is 6.92 Å². The van der Waals surface area contributed by atoms with Gasteiger partial charge in [0.15, 0.2) is 5.13 Å². The Hall–Kier alpha value is -1.66. The van der Waals surface area contributed by atoms with Crippen LogP contribution >= 0.6 is 11.3 Å². The molecule has 0 spiro atoms. The van der Waals surface area contributed by atoms with E-state index in [2.05, 4.69) is 10.3 Å². The monoisotopic (exact) mass is 278 g/mol. The molecule has 1 N–H and O–H groups in total. The third-order valence-corrected chi connectivity index (χ3v) is 3.99. The maximum absolute atomic E-state index is 12.1. The second-order valence-electron chi connectivity index (χ2n) is 4.47. The van der Waals surface area contributed by atoms with Crippen LogP contribution in [0.15, 0.2) is 10.5 Å². The summed E-state index contributed by atoms with van der Waals surface area (Å²) >= 11 is 1.47. The van der Waals surface area contributed by atoms with Crippen molar-refractivity contribution in [3.8, 4) is 0 Å². The van der Waals surface area contributed by atoms with Crippen LogP contribution in [0, 0.1) is 13.8 Å². The number of ether oxygens (including phenoxy) is 1. The molecule has 3 rings (SSSR count). The van der Waals surface area contributed by atoms with Crippen LogP contribution in [0.3, 0.4) is 0 Å². The summed E-state index contributed by atoms with van der Waals surface area (Å²) in [6.45, 7) is 4.89. The summed E-state index contributed by atoms with van der Waals surface area (Å²) in [5.41, 5.74) is 1.59.